The number of hydrogen-bond donors (Lipinski definition) is 0. The summed E-state index contributed by atoms with van der Waals surface area (Å²) in [5, 5.41) is 0. The molecule has 14 nitrogen and oxygen atoms in total. The van der Waals surface area contributed by atoms with Crippen LogP contribution in [0.5, 0.6) is 23.0 Å². The molecule has 0 spiro atoms. The largest absolute Gasteiger partial charge is 0.493 e. The van der Waals surface area contributed by atoms with E-state index in [0.717, 1.165) is 13.2 Å². The lowest BCUT2D eigenvalue weighted by Gasteiger charge is -2.56. The van der Waals surface area contributed by atoms with Crippen LogP contribution in [0.4, 0.5) is 0 Å². The van der Waals surface area contributed by atoms with Crippen LogP contribution in [-0.2, 0) is 47.5 Å². The van der Waals surface area contributed by atoms with E-state index in [4.69, 9.17) is 52.1 Å². The number of carbonyl (C=O) groups is 3. The molecule has 1 aliphatic carbocycles. The molecular formula is C42H50O14. The number of hydrogen-bond acceptors (Lipinski definition) is 14. The normalized spacial score (nSPS) is 25.7. The molecule has 0 N–H and O–H groups in total. The second kappa shape index (κ2) is 19.4. The number of carbonyl (C=O) groups excluding carboxylic acids is 3. The maximum atomic E-state index is 13.6. The van der Waals surface area contributed by atoms with Crippen LogP contribution in [0.2, 0.25) is 0 Å². The Labute approximate surface area is 327 Å². The fraction of sp³-hybridized carbons (Fsp3) is 0.405. The van der Waals surface area contributed by atoms with Gasteiger partial charge in [-0.3, -0.25) is 0 Å². The number of rotatable bonds is 19. The van der Waals surface area contributed by atoms with Crippen molar-refractivity contribution in [2.75, 3.05) is 48.3 Å². The number of benzene rings is 2. The van der Waals surface area contributed by atoms with Gasteiger partial charge >= 0.3 is 17.9 Å². The van der Waals surface area contributed by atoms with Crippen LogP contribution in [-0.4, -0.2) is 102 Å². The summed E-state index contributed by atoms with van der Waals surface area (Å²) < 4.78 is 63.7. The van der Waals surface area contributed by atoms with E-state index in [1.807, 2.05) is 0 Å². The second-order valence-corrected chi connectivity index (χ2v) is 12.9. The van der Waals surface area contributed by atoms with Crippen LogP contribution in [0.1, 0.15) is 37.8 Å². The summed E-state index contributed by atoms with van der Waals surface area (Å²) in [5.41, 5.74) is -0.810. The smallest absolute Gasteiger partial charge is 0.350 e. The van der Waals surface area contributed by atoms with Crippen molar-refractivity contribution in [1.82, 2.24) is 0 Å². The van der Waals surface area contributed by atoms with Crippen molar-refractivity contribution in [3.8, 4) is 23.0 Å². The molecule has 6 atom stereocenters. The van der Waals surface area contributed by atoms with Gasteiger partial charge < -0.3 is 52.1 Å². The van der Waals surface area contributed by atoms with Crippen LogP contribution in [0, 0.1) is 0 Å². The Morgan fingerprint density at radius 2 is 1.23 bits per heavy atom. The van der Waals surface area contributed by atoms with Gasteiger partial charge in [0.05, 0.1) is 20.3 Å². The topological polar surface area (TPSA) is 153 Å². The average molecular weight is 779 g/mol. The van der Waals surface area contributed by atoms with Crippen molar-refractivity contribution in [1.29, 1.82) is 0 Å². The van der Waals surface area contributed by atoms with Crippen molar-refractivity contribution in [2.45, 2.75) is 62.2 Å². The summed E-state index contributed by atoms with van der Waals surface area (Å²) in [7, 11) is 5.47. The van der Waals surface area contributed by atoms with Gasteiger partial charge in [0, 0.05) is 39.2 Å². The lowest BCUT2D eigenvalue weighted by atomic mass is 9.77. The third-order valence-electron chi connectivity index (χ3n) is 9.31. The van der Waals surface area contributed by atoms with Crippen molar-refractivity contribution >= 4 is 30.1 Å². The van der Waals surface area contributed by atoms with Gasteiger partial charge in [-0.2, -0.15) is 0 Å². The lowest BCUT2D eigenvalue weighted by molar-refractivity contribution is -0.460. The van der Waals surface area contributed by atoms with Crippen LogP contribution in [0.3, 0.4) is 0 Å². The molecule has 56 heavy (non-hydrogen) atoms. The molecule has 0 amide bonds. The zero-order valence-corrected chi connectivity index (χ0v) is 32.6. The van der Waals surface area contributed by atoms with E-state index in [1.165, 1.54) is 39.6 Å². The minimum atomic E-state index is -1.98. The molecule has 0 unspecified atom stereocenters. The van der Waals surface area contributed by atoms with Crippen LogP contribution in [0.15, 0.2) is 86.5 Å². The number of ether oxygens (including phenoxy) is 11. The summed E-state index contributed by atoms with van der Waals surface area (Å²) in [4.78, 5) is 40.6. The predicted molar refractivity (Wildman–Crippen MR) is 205 cm³/mol. The molecule has 1 heterocycles. The molecule has 14 heteroatoms. The Bertz CT molecular complexity index is 1800. The van der Waals surface area contributed by atoms with E-state index in [2.05, 4.69) is 19.7 Å². The predicted octanol–water partition coefficient (Wildman–Crippen LogP) is 5.79. The van der Waals surface area contributed by atoms with E-state index < -0.39 is 53.4 Å². The quantitative estimate of drug-likeness (QED) is 0.0732. The van der Waals surface area contributed by atoms with Gasteiger partial charge in [-0.25, -0.2) is 14.4 Å². The van der Waals surface area contributed by atoms with Crippen molar-refractivity contribution in [2.24, 2.45) is 0 Å². The molecule has 1 saturated heterocycles. The van der Waals surface area contributed by atoms with E-state index in [0.29, 0.717) is 34.1 Å². The van der Waals surface area contributed by atoms with E-state index in [1.54, 1.807) is 68.5 Å². The zero-order valence-electron chi connectivity index (χ0n) is 32.6. The first-order chi connectivity index (χ1) is 26.8. The zero-order chi connectivity index (χ0) is 40.9. The summed E-state index contributed by atoms with van der Waals surface area (Å²) in [6.45, 7) is 15.0. The van der Waals surface area contributed by atoms with Crippen LogP contribution >= 0.6 is 0 Å². The first kappa shape index (κ1) is 43.3. The first-order valence-electron chi connectivity index (χ1n) is 17.7. The van der Waals surface area contributed by atoms with Gasteiger partial charge in [-0.1, -0.05) is 50.1 Å². The highest BCUT2D eigenvalue weighted by Gasteiger charge is 2.64. The van der Waals surface area contributed by atoms with Gasteiger partial charge in [0.1, 0.15) is 32.0 Å². The molecule has 0 bridgehead atoms. The SMILES string of the molecule is C=CCOc1ccc(/C=C/C(=O)O[C@@]2(C(=O)OC)C[C@H](OC(=O)/C=C/c3ccc(OCC=C)c(OCC=C)c3)[C@H]3O[C@](C)(OC)[C@@](C)(OC)O[C@@H]3C2)cc1OC. The molecular weight excluding hydrogens is 728 g/mol. The Morgan fingerprint density at radius 1 is 0.714 bits per heavy atom. The molecule has 302 valence electrons. The van der Waals surface area contributed by atoms with E-state index in [-0.39, 0.29) is 32.7 Å². The summed E-state index contributed by atoms with van der Waals surface area (Å²) in [6.07, 6.45) is 6.35. The fourth-order valence-electron chi connectivity index (χ4n) is 6.24. The first-order valence-corrected chi connectivity index (χ1v) is 17.7. The molecule has 2 fully saturated rings. The van der Waals surface area contributed by atoms with Crippen molar-refractivity contribution in [3.63, 3.8) is 0 Å². The molecule has 2 aliphatic rings. The van der Waals surface area contributed by atoms with Gasteiger partial charge in [0.25, 0.3) is 0 Å². The monoisotopic (exact) mass is 778 g/mol. The minimum absolute atomic E-state index is 0.227. The van der Waals surface area contributed by atoms with Crippen LogP contribution < -0.4 is 18.9 Å². The highest BCUT2D eigenvalue weighted by atomic mass is 16.8. The van der Waals surface area contributed by atoms with Gasteiger partial charge in [-0.15, -0.1) is 0 Å². The van der Waals surface area contributed by atoms with Crippen molar-refractivity contribution < 1.29 is 66.5 Å². The van der Waals surface area contributed by atoms with Crippen molar-refractivity contribution in [3.05, 3.63) is 97.6 Å². The molecule has 1 aliphatic heterocycles. The Hall–Kier alpha value is -5.41. The third kappa shape index (κ3) is 10.1. The molecule has 0 aromatic heterocycles. The molecule has 2 aromatic rings. The van der Waals surface area contributed by atoms with Gasteiger partial charge in [0.15, 0.2) is 23.0 Å². The van der Waals surface area contributed by atoms with E-state index >= 15 is 0 Å². The van der Waals surface area contributed by atoms with Crippen LogP contribution in [0.25, 0.3) is 12.2 Å². The highest BCUT2D eigenvalue weighted by molar-refractivity contribution is 5.91. The summed E-state index contributed by atoms with van der Waals surface area (Å²) in [5.74, 6) is -3.74. The maximum Gasteiger partial charge on any atom is 0.350 e. The Balaban J connectivity index is 1.64. The molecule has 1 saturated carbocycles. The fourth-order valence-corrected chi connectivity index (χ4v) is 6.24. The average Bonchev–Trinajstić information content (AvgIpc) is 3.20. The van der Waals surface area contributed by atoms with Gasteiger partial charge in [0.2, 0.25) is 17.2 Å². The van der Waals surface area contributed by atoms with E-state index in [9.17, 15) is 14.4 Å². The van der Waals surface area contributed by atoms with Gasteiger partial charge in [-0.05, 0) is 61.4 Å². The Morgan fingerprint density at radius 3 is 1.77 bits per heavy atom. The lowest BCUT2D eigenvalue weighted by Crippen LogP contribution is -2.71. The standard InChI is InChI=1S/C42H50O14/c1-10-21-50-30-17-13-28(24-32(30)46-6)16-20-37(44)55-42(39(45)47-7)26-34(38-35(27-42)54-40(4,48-8)41(5,49-9)56-38)53-36(43)19-15-29-14-18-31(51-22-11-2)33(25-29)52-23-12-3/h10-20,24-25,34-35,38H,1-3,21-23,26-27H2,4-9H3/b19-15+,20-16+/t34-,35+,38+,40-,41-,42-/m0/s1. The Kier molecular flexibility index (Phi) is 15.0. The third-order valence-corrected chi connectivity index (χ3v) is 9.31. The number of esters is 3. The molecule has 0 radical (unpaired) electrons. The maximum absolute atomic E-state index is 13.6. The minimum Gasteiger partial charge on any atom is -0.493 e. The summed E-state index contributed by atoms with van der Waals surface area (Å²) >= 11 is 0. The number of fused-ring (bicyclic) bond motifs is 1. The molecule has 4 rings (SSSR count). The highest BCUT2D eigenvalue weighted by Crippen LogP contribution is 2.47. The number of methoxy groups -OCH3 is 4. The molecule has 2 aromatic carbocycles. The second-order valence-electron chi connectivity index (χ2n) is 12.9. The summed E-state index contributed by atoms with van der Waals surface area (Å²) in [6, 6.07) is 10.2.